The van der Waals surface area contributed by atoms with Gasteiger partial charge in [-0.1, -0.05) is 36.4 Å². The van der Waals surface area contributed by atoms with Gasteiger partial charge in [0.25, 0.3) is 0 Å². The first kappa shape index (κ1) is 19.1. The van der Waals surface area contributed by atoms with Crippen molar-refractivity contribution in [3.63, 3.8) is 0 Å². The minimum absolute atomic E-state index is 0.590. The SMILES string of the molecule is COCCOCCOCCn1c2ccccc2c2cc3[nH]c4ccccc4c3cc21. The molecule has 0 aliphatic heterocycles. The van der Waals surface area contributed by atoms with Gasteiger partial charge in [0.1, 0.15) is 0 Å². The molecule has 30 heavy (non-hydrogen) atoms. The molecule has 5 rings (SSSR count). The molecule has 5 nitrogen and oxygen atoms in total. The number of hydrogen-bond donors (Lipinski definition) is 1. The molecule has 0 atom stereocenters. The van der Waals surface area contributed by atoms with Crippen molar-refractivity contribution in [1.29, 1.82) is 0 Å². The number of ether oxygens (including phenoxy) is 3. The Morgan fingerprint density at radius 2 is 1.40 bits per heavy atom. The average Bonchev–Trinajstić information content (AvgIpc) is 3.29. The quantitative estimate of drug-likeness (QED) is 0.349. The lowest BCUT2D eigenvalue weighted by Gasteiger charge is -2.09. The largest absolute Gasteiger partial charge is 0.382 e. The van der Waals surface area contributed by atoms with Crippen molar-refractivity contribution in [2.45, 2.75) is 6.54 Å². The normalized spacial score (nSPS) is 12.0. The summed E-state index contributed by atoms with van der Waals surface area (Å²) in [6.45, 7) is 3.85. The Bertz CT molecular complexity index is 1300. The number of nitrogens with one attached hydrogen (secondary N) is 1. The van der Waals surface area contributed by atoms with Gasteiger partial charge in [0.15, 0.2) is 0 Å². The summed E-state index contributed by atoms with van der Waals surface area (Å²) >= 11 is 0. The molecule has 0 bridgehead atoms. The van der Waals surface area contributed by atoms with E-state index in [1.54, 1.807) is 7.11 Å². The lowest BCUT2D eigenvalue weighted by molar-refractivity contribution is 0.0234. The predicted molar refractivity (Wildman–Crippen MR) is 122 cm³/mol. The predicted octanol–water partition coefficient (Wildman–Crippen LogP) is 5.11. The number of aromatic amines is 1. The van der Waals surface area contributed by atoms with Crippen LogP contribution in [0.25, 0.3) is 43.6 Å². The summed E-state index contributed by atoms with van der Waals surface area (Å²) in [5.41, 5.74) is 4.83. The monoisotopic (exact) mass is 402 g/mol. The molecular weight excluding hydrogens is 376 g/mol. The lowest BCUT2D eigenvalue weighted by Crippen LogP contribution is -2.11. The molecule has 1 N–H and O–H groups in total. The summed E-state index contributed by atoms with van der Waals surface area (Å²) < 4.78 is 18.7. The van der Waals surface area contributed by atoms with Gasteiger partial charge < -0.3 is 23.8 Å². The summed E-state index contributed by atoms with van der Waals surface area (Å²) in [5.74, 6) is 0. The third-order valence-electron chi connectivity index (χ3n) is 5.66. The van der Waals surface area contributed by atoms with Gasteiger partial charge in [-0.25, -0.2) is 0 Å². The summed E-state index contributed by atoms with van der Waals surface area (Å²) in [4.78, 5) is 3.57. The second-order valence-electron chi connectivity index (χ2n) is 7.47. The molecule has 0 unspecified atom stereocenters. The Balaban J connectivity index is 1.46. The number of H-pyrrole nitrogens is 1. The molecule has 5 heteroatoms. The molecule has 0 aliphatic rings. The van der Waals surface area contributed by atoms with Crippen molar-refractivity contribution >= 4 is 43.6 Å². The maximum atomic E-state index is 5.83. The van der Waals surface area contributed by atoms with Crippen LogP contribution in [-0.4, -0.2) is 49.7 Å². The van der Waals surface area contributed by atoms with E-state index < -0.39 is 0 Å². The maximum Gasteiger partial charge on any atom is 0.0701 e. The topological polar surface area (TPSA) is 48.4 Å². The number of hydrogen-bond acceptors (Lipinski definition) is 3. The van der Waals surface area contributed by atoms with Gasteiger partial charge in [-0.05, 0) is 24.3 Å². The van der Waals surface area contributed by atoms with Gasteiger partial charge in [-0.15, -0.1) is 0 Å². The Labute approximate surface area is 175 Å². The number of rotatable bonds is 9. The lowest BCUT2D eigenvalue weighted by atomic mass is 10.1. The Morgan fingerprint density at radius 3 is 2.27 bits per heavy atom. The van der Waals surface area contributed by atoms with E-state index in [1.807, 2.05) is 0 Å². The Morgan fingerprint density at radius 1 is 0.667 bits per heavy atom. The molecule has 0 fully saturated rings. The smallest absolute Gasteiger partial charge is 0.0701 e. The van der Waals surface area contributed by atoms with E-state index in [9.17, 15) is 0 Å². The molecule has 0 saturated carbocycles. The van der Waals surface area contributed by atoms with Crippen molar-refractivity contribution in [1.82, 2.24) is 9.55 Å². The highest BCUT2D eigenvalue weighted by atomic mass is 16.5. The molecule has 2 heterocycles. The molecule has 0 saturated heterocycles. The van der Waals surface area contributed by atoms with Crippen molar-refractivity contribution < 1.29 is 14.2 Å². The van der Waals surface area contributed by atoms with E-state index in [0.29, 0.717) is 33.0 Å². The van der Waals surface area contributed by atoms with Crippen LogP contribution in [0.2, 0.25) is 0 Å². The van der Waals surface area contributed by atoms with Crippen molar-refractivity contribution in [2.75, 3.05) is 40.1 Å². The zero-order chi connectivity index (χ0) is 20.3. The van der Waals surface area contributed by atoms with Crippen molar-refractivity contribution in [3.8, 4) is 0 Å². The summed E-state index contributed by atoms with van der Waals surface area (Å²) in [6, 6.07) is 21.7. The number of fused-ring (bicyclic) bond motifs is 6. The van der Waals surface area contributed by atoms with Crippen LogP contribution in [0.4, 0.5) is 0 Å². The highest BCUT2D eigenvalue weighted by molar-refractivity contribution is 6.17. The fraction of sp³-hybridized carbons (Fsp3) is 0.280. The first-order valence-corrected chi connectivity index (χ1v) is 10.4. The molecule has 5 aromatic rings. The number of methoxy groups -OCH3 is 1. The number of para-hydroxylation sites is 2. The van der Waals surface area contributed by atoms with Crippen LogP contribution >= 0.6 is 0 Å². The fourth-order valence-electron chi connectivity index (χ4n) is 4.25. The van der Waals surface area contributed by atoms with Crippen LogP contribution in [0.15, 0.2) is 60.7 Å². The molecule has 0 spiro atoms. The molecule has 2 aromatic heterocycles. The van der Waals surface area contributed by atoms with Gasteiger partial charge in [-0.2, -0.15) is 0 Å². The molecule has 0 aliphatic carbocycles. The second kappa shape index (κ2) is 8.48. The van der Waals surface area contributed by atoms with E-state index in [-0.39, 0.29) is 0 Å². The summed E-state index contributed by atoms with van der Waals surface area (Å²) in [7, 11) is 1.68. The molecule has 3 aromatic carbocycles. The highest BCUT2D eigenvalue weighted by Crippen LogP contribution is 2.35. The van der Waals surface area contributed by atoms with Crippen LogP contribution in [0.3, 0.4) is 0 Å². The van der Waals surface area contributed by atoms with Crippen LogP contribution in [0, 0.1) is 0 Å². The summed E-state index contributed by atoms with van der Waals surface area (Å²) in [5, 5.41) is 5.06. The van der Waals surface area contributed by atoms with Crippen molar-refractivity contribution in [3.05, 3.63) is 60.7 Å². The zero-order valence-corrected chi connectivity index (χ0v) is 17.2. The third-order valence-corrected chi connectivity index (χ3v) is 5.66. The second-order valence-corrected chi connectivity index (χ2v) is 7.47. The molecule has 0 amide bonds. The van der Waals surface area contributed by atoms with E-state index in [4.69, 9.17) is 14.2 Å². The standard InChI is InChI=1S/C25H26N2O3/c1-28-12-13-30-15-14-29-11-10-27-24-9-5-3-7-19(24)21-16-23-20(17-25(21)27)18-6-2-4-8-22(18)26-23/h2-9,16-17,26H,10-15H2,1H3. The maximum absolute atomic E-state index is 5.83. The van der Waals surface area contributed by atoms with E-state index in [1.165, 1.54) is 43.6 Å². The molecule has 154 valence electrons. The Hall–Kier alpha value is -2.86. The highest BCUT2D eigenvalue weighted by Gasteiger charge is 2.13. The van der Waals surface area contributed by atoms with E-state index in [2.05, 4.69) is 70.2 Å². The minimum Gasteiger partial charge on any atom is -0.382 e. The summed E-state index contributed by atoms with van der Waals surface area (Å²) in [6.07, 6.45) is 0. The number of benzene rings is 3. The van der Waals surface area contributed by atoms with E-state index in [0.717, 1.165) is 6.54 Å². The first-order chi connectivity index (χ1) is 14.9. The van der Waals surface area contributed by atoms with Crippen LogP contribution in [0.1, 0.15) is 0 Å². The number of nitrogens with zero attached hydrogens (tertiary/aromatic N) is 1. The van der Waals surface area contributed by atoms with Crippen molar-refractivity contribution in [2.24, 2.45) is 0 Å². The van der Waals surface area contributed by atoms with Gasteiger partial charge in [0.05, 0.1) is 33.0 Å². The first-order valence-electron chi connectivity index (χ1n) is 10.4. The van der Waals surface area contributed by atoms with E-state index >= 15 is 0 Å². The molecular formula is C25H26N2O3. The van der Waals surface area contributed by atoms with Gasteiger partial charge in [-0.3, -0.25) is 0 Å². The van der Waals surface area contributed by atoms with Crippen LogP contribution < -0.4 is 0 Å². The fourth-order valence-corrected chi connectivity index (χ4v) is 4.25. The average molecular weight is 402 g/mol. The number of aromatic nitrogens is 2. The van der Waals surface area contributed by atoms with Crippen LogP contribution in [-0.2, 0) is 20.8 Å². The zero-order valence-electron chi connectivity index (χ0n) is 17.2. The van der Waals surface area contributed by atoms with Gasteiger partial charge in [0.2, 0.25) is 0 Å². The Kier molecular flexibility index (Phi) is 5.41. The molecule has 0 radical (unpaired) electrons. The van der Waals surface area contributed by atoms with Gasteiger partial charge >= 0.3 is 0 Å². The minimum atomic E-state index is 0.590. The van der Waals surface area contributed by atoms with Gasteiger partial charge in [0, 0.05) is 57.3 Å². The third kappa shape index (κ3) is 3.45. The van der Waals surface area contributed by atoms with Crippen LogP contribution in [0.5, 0.6) is 0 Å².